The highest BCUT2D eigenvalue weighted by molar-refractivity contribution is 7.10. The third-order valence-corrected chi connectivity index (χ3v) is 3.83. The fraction of sp³-hybridized carbons (Fsp3) is 0.667. The van der Waals surface area contributed by atoms with E-state index in [-0.39, 0.29) is 0 Å². The van der Waals surface area contributed by atoms with Gasteiger partial charge < -0.3 is 0 Å². The molecule has 2 nitrogen and oxygen atoms in total. The molecular weight excluding hydrogens is 204 g/mol. The Kier molecular flexibility index (Phi) is 5.29. The summed E-state index contributed by atoms with van der Waals surface area (Å²) in [5.74, 6) is 6.39. The van der Waals surface area contributed by atoms with Crippen molar-refractivity contribution >= 4 is 11.3 Å². The van der Waals surface area contributed by atoms with E-state index in [1.165, 1.54) is 23.3 Å². The fourth-order valence-electron chi connectivity index (χ4n) is 1.76. The molecular formula is C12H22N2S. The number of rotatable bonds is 6. The third-order valence-electron chi connectivity index (χ3n) is 2.69. The lowest BCUT2D eigenvalue weighted by Gasteiger charge is -2.16. The second kappa shape index (κ2) is 6.26. The molecule has 0 aliphatic carbocycles. The number of nitrogens with two attached hydrogens (primary N) is 1. The van der Waals surface area contributed by atoms with Gasteiger partial charge in [0.1, 0.15) is 0 Å². The zero-order valence-corrected chi connectivity index (χ0v) is 10.7. The third kappa shape index (κ3) is 3.93. The Morgan fingerprint density at radius 3 is 2.60 bits per heavy atom. The lowest BCUT2D eigenvalue weighted by atomic mass is 10.0. The molecule has 1 aromatic heterocycles. The maximum Gasteiger partial charge on any atom is 0.0555 e. The minimum Gasteiger partial charge on any atom is -0.271 e. The minimum absolute atomic E-state index is 0.337. The molecule has 0 amide bonds. The summed E-state index contributed by atoms with van der Waals surface area (Å²) in [6, 6.07) is 2.50. The molecule has 0 fully saturated rings. The van der Waals surface area contributed by atoms with Crippen molar-refractivity contribution in [2.24, 2.45) is 11.8 Å². The number of hydrogen-bond acceptors (Lipinski definition) is 3. The molecule has 0 radical (unpaired) electrons. The molecule has 1 atom stereocenters. The van der Waals surface area contributed by atoms with Crippen molar-refractivity contribution in [2.45, 2.75) is 46.1 Å². The Morgan fingerprint density at radius 2 is 2.13 bits per heavy atom. The van der Waals surface area contributed by atoms with Crippen molar-refractivity contribution in [3.05, 3.63) is 21.9 Å². The van der Waals surface area contributed by atoms with Crippen LogP contribution in [0.15, 0.2) is 11.4 Å². The number of nitrogens with one attached hydrogen (secondary N) is 1. The Balaban J connectivity index is 2.46. The van der Waals surface area contributed by atoms with E-state index in [2.05, 4.69) is 37.6 Å². The summed E-state index contributed by atoms with van der Waals surface area (Å²) in [5, 5.41) is 2.14. The van der Waals surface area contributed by atoms with Crippen LogP contribution in [0.2, 0.25) is 0 Å². The molecule has 0 saturated heterocycles. The first-order valence-electron chi connectivity index (χ1n) is 5.65. The molecule has 1 heterocycles. The average molecular weight is 226 g/mol. The molecule has 0 aliphatic rings. The first kappa shape index (κ1) is 12.7. The average Bonchev–Trinajstić information content (AvgIpc) is 2.59. The monoisotopic (exact) mass is 226 g/mol. The van der Waals surface area contributed by atoms with Gasteiger partial charge in [0.2, 0.25) is 0 Å². The van der Waals surface area contributed by atoms with E-state index in [0.717, 1.165) is 12.3 Å². The van der Waals surface area contributed by atoms with Gasteiger partial charge >= 0.3 is 0 Å². The van der Waals surface area contributed by atoms with E-state index >= 15 is 0 Å². The van der Waals surface area contributed by atoms with Crippen LogP contribution in [0.4, 0.5) is 0 Å². The molecule has 1 rings (SSSR count). The molecule has 0 saturated carbocycles. The zero-order chi connectivity index (χ0) is 11.3. The maximum atomic E-state index is 5.61. The van der Waals surface area contributed by atoms with Crippen LogP contribution in [0.5, 0.6) is 0 Å². The second-order valence-corrected chi connectivity index (χ2v) is 5.46. The quantitative estimate of drug-likeness (QED) is 0.576. The largest absolute Gasteiger partial charge is 0.271 e. The summed E-state index contributed by atoms with van der Waals surface area (Å²) in [6.45, 7) is 6.68. The summed E-state index contributed by atoms with van der Waals surface area (Å²) < 4.78 is 0. The molecule has 0 aliphatic heterocycles. The summed E-state index contributed by atoms with van der Waals surface area (Å²) >= 11 is 1.80. The van der Waals surface area contributed by atoms with Crippen LogP contribution in [-0.2, 0) is 0 Å². The van der Waals surface area contributed by atoms with Gasteiger partial charge in [0.15, 0.2) is 0 Å². The number of hydrogen-bond donors (Lipinski definition) is 2. The van der Waals surface area contributed by atoms with Gasteiger partial charge in [-0.25, -0.2) is 0 Å². The van der Waals surface area contributed by atoms with Gasteiger partial charge in [0.05, 0.1) is 6.04 Å². The van der Waals surface area contributed by atoms with Gasteiger partial charge in [-0.05, 0) is 36.3 Å². The number of aryl methyl sites for hydroxylation is 1. The molecule has 1 aromatic rings. The molecule has 86 valence electrons. The number of thiophene rings is 1. The van der Waals surface area contributed by atoms with Crippen molar-refractivity contribution in [3.8, 4) is 0 Å². The highest BCUT2D eigenvalue weighted by atomic mass is 32.1. The van der Waals surface area contributed by atoms with E-state index in [9.17, 15) is 0 Å². The summed E-state index contributed by atoms with van der Waals surface area (Å²) in [4.78, 5) is 1.39. The second-order valence-electron chi connectivity index (χ2n) is 4.51. The van der Waals surface area contributed by atoms with Crippen molar-refractivity contribution < 1.29 is 0 Å². The molecule has 15 heavy (non-hydrogen) atoms. The van der Waals surface area contributed by atoms with Crippen molar-refractivity contribution in [1.82, 2.24) is 5.43 Å². The van der Waals surface area contributed by atoms with E-state index in [1.54, 1.807) is 11.3 Å². The van der Waals surface area contributed by atoms with Gasteiger partial charge in [0.25, 0.3) is 0 Å². The normalized spacial score (nSPS) is 13.4. The SMILES string of the molecule is Cc1ccsc1C(CCCC(C)C)NN. The molecule has 0 bridgehead atoms. The fourth-order valence-corrected chi connectivity index (χ4v) is 2.78. The van der Waals surface area contributed by atoms with E-state index in [4.69, 9.17) is 5.84 Å². The van der Waals surface area contributed by atoms with Gasteiger partial charge in [-0.1, -0.05) is 26.7 Å². The van der Waals surface area contributed by atoms with Crippen LogP contribution in [0, 0.1) is 12.8 Å². The number of hydrazine groups is 1. The summed E-state index contributed by atoms with van der Waals surface area (Å²) in [6.07, 6.45) is 3.66. The first-order chi connectivity index (χ1) is 7.15. The van der Waals surface area contributed by atoms with Crippen LogP contribution in [0.1, 0.15) is 49.6 Å². The summed E-state index contributed by atoms with van der Waals surface area (Å²) in [5.41, 5.74) is 4.28. The van der Waals surface area contributed by atoms with Crippen molar-refractivity contribution in [1.29, 1.82) is 0 Å². The van der Waals surface area contributed by atoms with Gasteiger partial charge in [-0.3, -0.25) is 11.3 Å². The van der Waals surface area contributed by atoms with Gasteiger partial charge in [0, 0.05) is 4.88 Å². The predicted molar refractivity (Wildman–Crippen MR) is 67.8 cm³/mol. The predicted octanol–water partition coefficient (Wildman–Crippen LogP) is 3.39. The topological polar surface area (TPSA) is 38.0 Å². The molecule has 3 heteroatoms. The maximum absolute atomic E-state index is 5.61. The highest BCUT2D eigenvalue weighted by Crippen LogP contribution is 2.27. The smallest absolute Gasteiger partial charge is 0.0555 e. The van der Waals surface area contributed by atoms with E-state index in [1.807, 2.05) is 0 Å². The Hall–Kier alpha value is -0.380. The molecule has 3 N–H and O–H groups in total. The minimum atomic E-state index is 0.337. The van der Waals surface area contributed by atoms with Crippen LogP contribution in [-0.4, -0.2) is 0 Å². The van der Waals surface area contributed by atoms with E-state index in [0.29, 0.717) is 6.04 Å². The Morgan fingerprint density at radius 1 is 1.40 bits per heavy atom. The summed E-state index contributed by atoms with van der Waals surface area (Å²) in [7, 11) is 0. The van der Waals surface area contributed by atoms with Crippen LogP contribution in [0.3, 0.4) is 0 Å². The Bertz CT molecular complexity index is 281. The van der Waals surface area contributed by atoms with Crippen LogP contribution in [0.25, 0.3) is 0 Å². The van der Waals surface area contributed by atoms with Crippen LogP contribution < -0.4 is 11.3 Å². The van der Waals surface area contributed by atoms with Crippen LogP contribution >= 0.6 is 11.3 Å². The lowest BCUT2D eigenvalue weighted by Crippen LogP contribution is -2.27. The van der Waals surface area contributed by atoms with Gasteiger partial charge in [-0.2, -0.15) is 0 Å². The first-order valence-corrected chi connectivity index (χ1v) is 6.53. The highest BCUT2D eigenvalue weighted by Gasteiger charge is 2.13. The molecule has 0 aromatic carbocycles. The molecule has 0 spiro atoms. The van der Waals surface area contributed by atoms with E-state index < -0.39 is 0 Å². The zero-order valence-electron chi connectivity index (χ0n) is 9.92. The lowest BCUT2D eigenvalue weighted by molar-refractivity contribution is 0.458. The Labute approximate surface area is 96.9 Å². The van der Waals surface area contributed by atoms with Crippen molar-refractivity contribution in [2.75, 3.05) is 0 Å². The van der Waals surface area contributed by atoms with Gasteiger partial charge in [-0.15, -0.1) is 11.3 Å². The standard InChI is InChI=1S/C12H22N2S/c1-9(2)5-4-6-11(14-13)12-10(3)7-8-15-12/h7-9,11,14H,4-6,13H2,1-3H3. The molecule has 1 unspecified atom stereocenters. The van der Waals surface area contributed by atoms with Crippen molar-refractivity contribution in [3.63, 3.8) is 0 Å².